The number of hydrogen-bond donors (Lipinski definition) is 1. The Balaban J connectivity index is 1.93. The minimum atomic E-state index is -2.97. The van der Waals surface area contributed by atoms with Gasteiger partial charge in [0.2, 0.25) is 0 Å². The van der Waals surface area contributed by atoms with Gasteiger partial charge in [-0.3, -0.25) is 0 Å². The molecule has 4 rings (SSSR count). The lowest BCUT2D eigenvalue weighted by molar-refractivity contribution is -0.0507. The number of hydrogen-bond acceptors (Lipinski definition) is 3. The lowest BCUT2D eigenvalue weighted by atomic mass is 10.0. The zero-order valence-corrected chi connectivity index (χ0v) is 14.3. The van der Waals surface area contributed by atoms with E-state index in [1.807, 2.05) is 0 Å². The second kappa shape index (κ2) is 6.03. The summed E-state index contributed by atoms with van der Waals surface area (Å²) >= 11 is 3.15. The van der Waals surface area contributed by atoms with E-state index in [1.165, 1.54) is 12.1 Å². The second-order valence-electron chi connectivity index (χ2n) is 5.75. The highest BCUT2D eigenvalue weighted by atomic mass is 79.9. The van der Waals surface area contributed by atoms with Gasteiger partial charge in [0.25, 0.3) is 0 Å². The van der Waals surface area contributed by atoms with Crippen molar-refractivity contribution in [3.05, 3.63) is 58.1 Å². The summed E-state index contributed by atoms with van der Waals surface area (Å²) in [7, 11) is 0. The molecule has 0 bridgehead atoms. The Morgan fingerprint density at radius 2 is 2.00 bits per heavy atom. The van der Waals surface area contributed by atoms with Crippen molar-refractivity contribution >= 4 is 27.0 Å². The predicted octanol–water partition coefficient (Wildman–Crippen LogP) is 4.57. The van der Waals surface area contributed by atoms with Crippen LogP contribution in [0.25, 0.3) is 11.0 Å². The van der Waals surface area contributed by atoms with E-state index in [9.17, 15) is 18.3 Å². The summed E-state index contributed by atoms with van der Waals surface area (Å²) < 4.78 is 46.5. The van der Waals surface area contributed by atoms with E-state index in [4.69, 9.17) is 0 Å². The number of ether oxygens (including phenoxy) is 1. The van der Waals surface area contributed by atoms with Crippen LogP contribution >= 0.6 is 15.9 Å². The summed E-state index contributed by atoms with van der Waals surface area (Å²) in [6.07, 6.45) is -0.719. The van der Waals surface area contributed by atoms with Crippen molar-refractivity contribution in [2.24, 2.45) is 0 Å². The van der Waals surface area contributed by atoms with E-state index in [2.05, 4.69) is 25.7 Å². The Bertz CT molecular complexity index is 960. The molecule has 1 aliphatic rings. The molecule has 0 aliphatic carbocycles. The van der Waals surface area contributed by atoms with E-state index in [0.717, 1.165) is 0 Å². The molecule has 4 nitrogen and oxygen atoms in total. The summed E-state index contributed by atoms with van der Waals surface area (Å²) in [5, 5.41) is 10.3. The topological polar surface area (TPSA) is 47.3 Å². The number of benzene rings is 2. The molecular weight excluding hydrogens is 401 g/mol. The number of aliphatic hydroxyl groups is 1. The van der Waals surface area contributed by atoms with Crippen molar-refractivity contribution in [2.45, 2.75) is 25.2 Å². The average Bonchev–Trinajstić information content (AvgIpc) is 3.09. The van der Waals surface area contributed by atoms with Gasteiger partial charge in [0, 0.05) is 12.0 Å². The van der Waals surface area contributed by atoms with Crippen LogP contribution in [0.1, 0.15) is 30.0 Å². The molecule has 1 aromatic heterocycles. The third kappa shape index (κ3) is 2.60. The molecule has 0 spiro atoms. The van der Waals surface area contributed by atoms with Gasteiger partial charge in [-0.2, -0.15) is 8.78 Å². The van der Waals surface area contributed by atoms with Crippen LogP contribution in [0.3, 0.4) is 0 Å². The summed E-state index contributed by atoms with van der Waals surface area (Å²) in [4.78, 5) is 4.31. The van der Waals surface area contributed by atoms with Crippen LogP contribution in [0, 0.1) is 5.82 Å². The van der Waals surface area contributed by atoms with Crippen LogP contribution in [0.15, 0.2) is 40.9 Å². The molecule has 0 fully saturated rings. The van der Waals surface area contributed by atoms with Crippen molar-refractivity contribution in [3.8, 4) is 5.75 Å². The first kappa shape index (κ1) is 16.4. The first-order valence-corrected chi connectivity index (χ1v) is 8.34. The molecule has 1 aliphatic heterocycles. The average molecular weight is 413 g/mol. The molecule has 130 valence electrons. The summed E-state index contributed by atoms with van der Waals surface area (Å²) in [5.41, 5.74) is 1.06. The van der Waals surface area contributed by atoms with E-state index in [0.29, 0.717) is 16.9 Å². The SMILES string of the molecule is OC1C[C@H](c2ccccc2OC(F)F)n2c1nc1ccc(Br)c(F)c12. The van der Waals surface area contributed by atoms with Crippen LogP contribution in [-0.2, 0) is 0 Å². The standard InChI is InChI=1S/C17H12BrF3N2O2/c18-9-5-6-10-15(14(9)19)23-11(7-12(24)16(23)22-10)8-3-1-2-4-13(8)25-17(20)21/h1-6,11-12,17,24H,7H2/t11-,12?/m1/s1. The number of aromatic nitrogens is 2. The molecule has 0 saturated carbocycles. The summed E-state index contributed by atoms with van der Waals surface area (Å²) in [6, 6.07) is 8.94. The van der Waals surface area contributed by atoms with E-state index in [-0.39, 0.29) is 22.2 Å². The van der Waals surface area contributed by atoms with Gasteiger partial charge in [-0.1, -0.05) is 18.2 Å². The Kier molecular flexibility index (Phi) is 3.96. The Hall–Kier alpha value is -2.06. The van der Waals surface area contributed by atoms with Crippen LogP contribution in [0.2, 0.25) is 0 Å². The molecule has 2 heterocycles. The first-order valence-electron chi connectivity index (χ1n) is 7.55. The number of para-hydroxylation sites is 1. The minimum absolute atomic E-state index is 0.000181. The van der Waals surface area contributed by atoms with Crippen LogP contribution in [-0.4, -0.2) is 21.3 Å². The number of fused-ring (bicyclic) bond motifs is 3. The second-order valence-corrected chi connectivity index (χ2v) is 6.61. The minimum Gasteiger partial charge on any atom is -0.434 e. The molecule has 8 heteroatoms. The summed E-state index contributed by atoms with van der Waals surface area (Å²) in [5.74, 6) is -0.203. The zero-order chi connectivity index (χ0) is 17.7. The highest BCUT2D eigenvalue weighted by molar-refractivity contribution is 9.10. The maximum Gasteiger partial charge on any atom is 0.387 e. The fourth-order valence-electron chi connectivity index (χ4n) is 3.34. The smallest absolute Gasteiger partial charge is 0.387 e. The lowest BCUT2D eigenvalue weighted by Crippen LogP contribution is -2.11. The molecule has 0 radical (unpaired) electrons. The monoisotopic (exact) mass is 412 g/mol. The molecule has 1 unspecified atom stereocenters. The molecule has 0 amide bonds. The number of rotatable bonds is 3. The molecule has 25 heavy (non-hydrogen) atoms. The fraction of sp³-hybridized carbons (Fsp3) is 0.235. The van der Waals surface area contributed by atoms with Crippen LogP contribution in [0.5, 0.6) is 5.75 Å². The van der Waals surface area contributed by atoms with Crippen molar-refractivity contribution in [2.75, 3.05) is 0 Å². The maximum atomic E-state index is 14.7. The summed E-state index contributed by atoms with van der Waals surface area (Å²) in [6.45, 7) is -2.97. The largest absolute Gasteiger partial charge is 0.434 e. The van der Waals surface area contributed by atoms with Gasteiger partial charge < -0.3 is 14.4 Å². The van der Waals surface area contributed by atoms with Crippen LogP contribution in [0.4, 0.5) is 13.2 Å². The van der Waals surface area contributed by atoms with Gasteiger partial charge in [0.15, 0.2) is 5.82 Å². The fourth-order valence-corrected chi connectivity index (χ4v) is 3.66. The normalized spacial score (nSPS) is 19.6. The number of nitrogens with zero attached hydrogens (tertiary/aromatic N) is 2. The van der Waals surface area contributed by atoms with Crippen molar-refractivity contribution in [1.82, 2.24) is 9.55 Å². The Morgan fingerprint density at radius 3 is 2.76 bits per heavy atom. The highest BCUT2D eigenvalue weighted by Gasteiger charge is 2.36. The number of alkyl halides is 2. The van der Waals surface area contributed by atoms with E-state index in [1.54, 1.807) is 28.8 Å². The van der Waals surface area contributed by atoms with E-state index >= 15 is 0 Å². The van der Waals surface area contributed by atoms with Crippen molar-refractivity contribution < 1.29 is 23.0 Å². The molecule has 1 N–H and O–H groups in total. The van der Waals surface area contributed by atoms with Gasteiger partial charge in [0.1, 0.15) is 23.2 Å². The molecule has 0 saturated heterocycles. The van der Waals surface area contributed by atoms with Crippen molar-refractivity contribution in [3.63, 3.8) is 0 Å². The van der Waals surface area contributed by atoms with Gasteiger partial charge >= 0.3 is 6.61 Å². The van der Waals surface area contributed by atoms with Gasteiger partial charge in [-0.15, -0.1) is 0 Å². The number of aliphatic hydroxyl groups excluding tert-OH is 1. The quantitative estimate of drug-likeness (QED) is 0.685. The Labute approximate surface area is 149 Å². The van der Waals surface area contributed by atoms with Crippen LogP contribution < -0.4 is 4.74 Å². The van der Waals surface area contributed by atoms with Gasteiger partial charge in [0.05, 0.1) is 16.0 Å². The maximum absolute atomic E-state index is 14.7. The third-order valence-corrected chi connectivity index (χ3v) is 4.93. The first-order chi connectivity index (χ1) is 12.0. The number of halogens is 4. The predicted molar refractivity (Wildman–Crippen MR) is 88.2 cm³/mol. The highest BCUT2D eigenvalue weighted by Crippen LogP contribution is 2.44. The third-order valence-electron chi connectivity index (χ3n) is 4.32. The van der Waals surface area contributed by atoms with Gasteiger partial charge in [-0.25, -0.2) is 9.37 Å². The lowest BCUT2D eigenvalue weighted by Gasteiger charge is -2.19. The van der Waals surface area contributed by atoms with Crippen molar-refractivity contribution in [1.29, 1.82) is 0 Å². The number of imidazole rings is 1. The molecular formula is C17H12BrF3N2O2. The molecule has 2 aromatic carbocycles. The zero-order valence-electron chi connectivity index (χ0n) is 12.7. The Morgan fingerprint density at radius 1 is 1.24 bits per heavy atom. The molecule has 3 aromatic rings. The van der Waals surface area contributed by atoms with E-state index < -0.39 is 24.6 Å². The van der Waals surface area contributed by atoms with Gasteiger partial charge in [-0.05, 0) is 34.1 Å². The molecule has 2 atom stereocenters.